The van der Waals surface area contributed by atoms with Crippen molar-refractivity contribution in [3.05, 3.63) is 65.2 Å². The first-order chi connectivity index (χ1) is 12.5. The van der Waals surface area contributed by atoms with Crippen molar-refractivity contribution in [2.45, 2.75) is 5.66 Å². The van der Waals surface area contributed by atoms with Gasteiger partial charge in [0.1, 0.15) is 0 Å². The van der Waals surface area contributed by atoms with Crippen molar-refractivity contribution in [3.8, 4) is 0 Å². The van der Waals surface area contributed by atoms with E-state index >= 15 is 0 Å². The molecule has 2 rings (SSSR count). The lowest BCUT2D eigenvalue weighted by atomic mass is 10.1. The molecular weight excluding hydrogens is 403 g/mol. The molecule has 3 N–H and O–H groups in total. The second-order valence-corrected chi connectivity index (χ2v) is 8.45. The lowest BCUT2D eigenvalue weighted by molar-refractivity contribution is 0.0565. The standard InChI is InChI=1S/C16H16F2NO6PS/c1-25-27(23,24)19-15-11-14(16(17,18)26(20,21)22)10-9-13(15)8-7-12-5-3-2-4-6-12/h2-11,19H,1H3,(H2,20,21,22)/b8-7+. The van der Waals surface area contributed by atoms with E-state index in [4.69, 9.17) is 9.79 Å². The fraction of sp³-hybridized carbons (Fsp3) is 0.125. The third kappa shape index (κ3) is 5.21. The van der Waals surface area contributed by atoms with E-state index < -0.39 is 29.1 Å². The molecular formula is C16H16F2NO6PS. The van der Waals surface area contributed by atoms with Crippen molar-refractivity contribution >= 4 is 35.7 Å². The molecule has 0 aliphatic heterocycles. The second-order valence-electron chi connectivity index (χ2n) is 5.35. The number of anilines is 1. The van der Waals surface area contributed by atoms with Crippen molar-refractivity contribution in [1.29, 1.82) is 0 Å². The van der Waals surface area contributed by atoms with E-state index in [-0.39, 0.29) is 11.3 Å². The van der Waals surface area contributed by atoms with Crippen LogP contribution in [0.4, 0.5) is 14.5 Å². The molecule has 0 unspecified atom stereocenters. The van der Waals surface area contributed by atoms with Crippen molar-refractivity contribution in [3.63, 3.8) is 0 Å². The van der Waals surface area contributed by atoms with E-state index in [1.165, 1.54) is 6.08 Å². The number of benzene rings is 2. The number of rotatable bonds is 7. The van der Waals surface area contributed by atoms with Gasteiger partial charge in [-0.1, -0.05) is 54.6 Å². The summed E-state index contributed by atoms with van der Waals surface area (Å²) in [6, 6.07) is 11.5. The Kier molecular flexibility index (Phi) is 6.18. The summed E-state index contributed by atoms with van der Waals surface area (Å²) in [5.74, 6) is 0. The van der Waals surface area contributed by atoms with Gasteiger partial charge in [0.25, 0.3) is 0 Å². The Morgan fingerprint density at radius 3 is 2.30 bits per heavy atom. The average molecular weight is 419 g/mol. The molecule has 0 radical (unpaired) electrons. The number of halogens is 2. The smallest absolute Gasteiger partial charge is 0.320 e. The Balaban J connectivity index is 2.53. The van der Waals surface area contributed by atoms with Gasteiger partial charge in [0.2, 0.25) is 0 Å². The zero-order valence-electron chi connectivity index (χ0n) is 13.9. The molecule has 0 spiro atoms. The average Bonchev–Trinajstić information content (AvgIpc) is 2.60. The molecule has 7 nitrogen and oxygen atoms in total. The summed E-state index contributed by atoms with van der Waals surface area (Å²) < 4.78 is 68.5. The Morgan fingerprint density at radius 1 is 1.11 bits per heavy atom. The minimum Gasteiger partial charge on any atom is -0.320 e. The van der Waals surface area contributed by atoms with Crippen molar-refractivity contribution in [1.82, 2.24) is 0 Å². The lowest BCUT2D eigenvalue weighted by Crippen LogP contribution is -2.17. The number of hydrogen-bond acceptors (Lipinski definition) is 4. The fourth-order valence-corrected chi connectivity index (χ4v) is 3.08. The molecule has 0 fully saturated rings. The van der Waals surface area contributed by atoms with E-state index in [9.17, 15) is 21.8 Å². The van der Waals surface area contributed by atoms with E-state index in [1.807, 2.05) is 4.72 Å². The molecule has 0 aliphatic carbocycles. The van der Waals surface area contributed by atoms with Gasteiger partial charge in [-0.25, -0.2) is 0 Å². The van der Waals surface area contributed by atoms with Gasteiger partial charge in [0.05, 0.1) is 12.8 Å². The molecule has 0 amide bonds. The van der Waals surface area contributed by atoms with Crippen LogP contribution in [-0.2, 0) is 24.7 Å². The molecule has 2 aromatic rings. The van der Waals surface area contributed by atoms with Gasteiger partial charge in [-0.15, -0.1) is 0 Å². The summed E-state index contributed by atoms with van der Waals surface area (Å²) in [5, 5.41) is 0. The predicted molar refractivity (Wildman–Crippen MR) is 97.3 cm³/mol. The summed E-state index contributed by atoms with van der Waals surface area (Å²) in [4.78, 5) is 17.7. The van der Waals surface area contributed by atoms with Crippen LogP contribution in [0.15, 0.2) is 48.5 Å². The quantitative estimate of drug-likeness (QED) is 0.468. The van der Waals surface area contributed by atoms with Crippen LogP contribution in [0.1, 0.15) is 16.7 Å². The zero-order chi connectivity index (χ0) is 20.3. The van der Waals surface area contributed by atoms with Gasteiger partial charge in [-0.2, -0.15) is 17.2 Å². The number of hydrogen-bond donors (Lipinski definition) is 3. The summed E-state index contributed by atoms with van der Waals surface area (Å²) >= 11 is 0. The van der Waals surface area contributed by atoms with Crippen LogP contribution in [0.3, 0.4) is 0 Å². The Bertz CT molecular complexity index is 989. The van der Waals surface area contributed by atoms with Gasteiger partial charge in [0, 0.05) is 5.56 Å². The highest BCUT2D eigenvalue weighted by atomic mass is 32.2. The summed E-state index contributed by atoms with van der Waals surface area (Å²) in [5.41, 5.74) is -4.90. The van der Waals surface area contributed by atoms with E-state index in [1.54, 1.807) is 36.4 Å². The van der Waals surface area contributed by atoms with Gasteiger partial charge in [0.15, 0.2) is 0 Å². The Labute approximate surface area is 154 Å². The predicted octanol–water partition coefficient (Wildman–Crippen LogP) is 3.39. The highest BCUT2D eigenvalue weighted by molar-refractivity contribution is 7.88. The van der Waals surface area contributed by atoms with E-state index in [0.717, 1.165) is 24.8 Å². The van der Waals surface area contributed by atoms with Gasteiger partial charge >= 0.3 is 23.6 Å². The minimum atomic E-state index is -5.81. The Morgan fingerprint density at radius 2 is 1.74 bits per heavy atom. The van der Waals surface area contributed by atoms with Crippen LogP contribution in [0.5, 0.6) is 0 Å². The molecule has 11 heteroatoms. The van der Waals surface area contributed by atoms with Crippen molar-refractivity contribution < 1.29 is 35.7 Å². The topological polar surface area (TPSA) is 113 Å². The molecule has 2 aromatic carbocycles. The third-order valence-corrected chi connectivity index (χ3v) is 5.37. The summed E-state index contributed by atoms with van der Waals surface area (Å²) in [6.07, 6.45) is 3.07. The first-order valence-electron chi connectivity index (χ1n) is 7.36. The molecule has 0 saturated heterocycles. The van der Waals surface area contributed by atoms with Crippen LogP contribution in [-0.4, -0.2) is 25.3 Å². The normalized spacial score (nSPS) is 13.1. The third-order valence-electron chi connectivity index (χ3n) is 3.48. The maximum absolute atomic E-state index is 14.0. The molecule has 0 saturated carbocycles. The molecule has 0 aromatic heterocycles. The first kappa shape index (κ1) is 21.2. The fourth-order valence-electron chi connectivity index (χ4n) is 2.07. The van der Waals surface area contributed by atoms with Gasteiger partial charge < -0.3 is 9.79 Å². The first-order valence-corrected chi connectivity index (χ1v) is 10.4. The molecule has 146 valence electrons. The number of nitrogens with one attached hydrogen (secondary N) is 1. The van der Waals surface area contributed by atoms with Crippen LogP contribution >= 0.6 is 7.60 Å². The van der Waals surface area contributed by atoms with Crippen LogP contribution < -0.4 is 4.72 Å². The highest BCUT2D eigenvalue weighted by Gasteiger charge is 2.50. The maximum Gasteiger partial charge on any atom is 0.399 e. The van der Waals surface area contributed by atoms with E-state index in [2.05, 4.69) is 4.18 Å². The van der Waals surface area contributed by atoms with E-state index in [0.29, 0.717) is 6.07 Å². The molecule has 0 bridgehead atoms. The van der Waals surface area contributed by atoms with Crippen LogP contribution in [0.2, 0.25) is 0 Å². The maximum atomic E-state index is 14.0. The summed E-state index contributed by atoms with van der Waals surface area (Å²) in [6.45, 7) is 0. The number of alkyl halides is 2. The van der Waals surface area contributed by atoms with Crippen LogP contribution in [0, 0.1) is 0 Å². The van der Waals surface area contributed by atoms with Gasteiger partial charge in [-0.05, 0) is 17.2 Å². The minimum absolute atomic E-state index is 0.185. The highest BCUT2D eigenvalue weighted by Crippen LogP contribution is 2.59. The molecule has 0 atom stereocenters. The largest absolute Gasteiger partial charge is 0.399 e. The monoisotopic (exact) mass is 419 g/mol. The lowest BCUT2D eigenvalue weighted by Gasteiger charge is -2.19. The van der Waals surface area contributed by atoms with Crippen molar-refractivity contribution in [2.24, 2.45) is 0 Å². The second kappa shape index (κ2) is 7.87. The van der Waals surface area contributed by atoms with Crippen LogP contribution in [0.25, 0.3) is 12.2 Å². The molecule has 0 aliphatic rings. The van der Waals surface area contributed by atoms with Crippen molar-refractivity contribution in [2.75, 3.05) is 11.8 Å². The molecule has 0 heterocycles. The molecule has 27 heavy (non-hydrogen) atoms. The Hall–Kier alpha value is -2.10. The zero-order valence-corrected chi connectivity index (χ0v) is 15.6. The van der Waals surface area contributed by atoms with Gasteiger partial charge in [-0.3, -0.25) is 13.5 Å². The summed E-state index contributed by atoms with van der Waals surface area (Å²) in [7, 11) is -9.23. The SMILES string of the molecule is COS(=O)(=O)Nc1cc(C(F)(F)P(=O)(O)O)ccc1/C=C/c1ccccc1.